The van der Waals surface area contributed by atoms with Gasteiger partial charge in [0.2, 0.25) is 0 Å². The van der Waals surface area contributed by atoms with E-state index in [0.717, 1.165) is 16.4 Å². The molecule has 0 saturated carbocycles. The fourth-order valence-corrected chi connectivity index (χ4v) is 3.31. The van der Waals surface area contributed by atoms with Gasteiger partial charge in [-0.15, -0.1) is 22.7 Å². The average Bonchev–Trinajstić information content (AvgIpc) is 3.25. The number of carbonyl (C=O) groups is 1. The Morgan fingerprint density at radius 3 is 3.05 bits per heavy atom. The maximum absolute atomic E-state index is 12.3. The lowest BCUT2D eigenvalue weighted by molar-refractivity contribution is 0.0801. The molecule has 5 nitrogen and oxygen atoms in total. The Balaban J connectivity index is 1.64. The smallest absolute Gasteiger partial charge is 0.265 e. The fraction of sp³-hybridized carbons (Fsp3) is 0.214. The number of thiazole rings is 2. The number of hydrogen-bond donors (Lipinski definition) is 0. The topological polar surface area (TPSA) is 59.2 Å². The SMILES string of the molecule is CN(CCc1nccs1)C(=O)c1cnc(-c2ccco2)s1. The molecule has 0 saturated heterocycles. The largest absolute Gasteiger partial charge is 0.462 e. The molecule has 0 aliphatic rings. The summed E-state index contributed by atoms with van der Waals surface area (Å²) in [4.78, 5) is 23.1. The van der Waals surface area contributed by atoms with Crippen LogP contribution in [-0.4, -0.2) is 34.4 Å². The second-order valence-electron chi connectivity index (χ2n) is 4.41. The lowest BCUT2D eigenvalue weighted by Crippen LogP contribution is -2.28. The first-order valence-electron chi connectivity index (χ1n) is 6.37. The zero-order chi connectivity index (χ0) is 14.7. The van der Waals surface area contributed by atoms with E-state index >= 15 is 0 Å². The van der Waals surface area contributed by atoms with Crippen LogP contribution in [0.5, 0.6) is 0 Å². The Hall–Kier alpha value is -1.99. The van der Waals surface area contributed by atoms with Crippen LogP contribution in [0.15, 0.2) is 40.6 Å². The lowest BCUT2D eigenvalue weighted by Gasteiger charge is -2.14. The van der Waals surface area contributed by atoms with E-state index < -0.39 is 0 Å². The van der Waals surface area contributed by atoms with Gasteiger partial charge in [0.05, 0.1) is 17.5 Å². The van der Waals surface area contributed by atoms with Gasteiger partial charge in [0.1, 0.15) is 4.88 Å². The number of amides is 1. The molecule has 0 bridgehead atoms. The summed E-state index contributed by atoms with van der Waals surface area (Å²) in [5.74, 6) is 0.659. The zero-order valence-electron chi connectivity index (χ0n) is 11.4. The molecule has 21 heavy (non-hydrogen) atoms. The summed E-state index contributed by atoms with van der Waals surface area (Å²) in [5.41, 5.74) is 0. The number of rotatable bonds is 5. The summed E-state index contributed by atoms with van der Waals surface area (Å²) in [7, 11) is 1.79. The highest BCUT2D eigenvalue weighted by molar-refractivity contribution is 7.16. The van der Waals surface area contributed by atoms with E-state index in [9.17, 15) is 4.79 Å². The third-order valence-electron chi connectivity index (χ3n) is 2.94. The first-order chi connectivity index (χ1) is 10.2. The van der Waals surface area contributed by atoms with Gasteiger partial charge >= 0.3 is 0 Å². The van der Waals surface area contributed by atoms with Crippen LogP contribution >= 0.6 is 22.7 Å². The number of furan rings is 1. The van der Waals surface area contributed by atoms with Crippen LogP contribution in [0.25, 0.3) is 10.8 Å². The van der Waals surface area contributed by atoms with Crippen LogP contribution in [0, 0.1) is 0 Å². The second kappa shape index (κ2) is 6.19. The molecule has 108 valence electrons. The number of carbonyl (C=O) groups excluding carboxylic acids is 1. The van der Waals surface area contributed by atoms with E-state index in [4.69, 9.17) is 4.42 Å². The Kier molecular flexibility index (Phi) is 4.12. The minimum absolute atomic E-state index is 0.0261. The summed E-state index contributed by atoms with van der Waals surface area (Å²) in [6, 6.07) is 3.64. The molecule has 3 rings (SSSR count). The molecule has 0 aliphatic carbocycles. The zero-order valence-corrected chi connectivity index (χ0v) is 13.0. The van der Waals surface area contributed by atoms with E-state index in [-0.39, 0.29) is 5.91 Å². The molecule has 0 fully saturated rings. The molecule has 0 N–H and O–H groups in total. The third-order valence-corrected chi connectivity index (χ3v) is 4.78. The second-order valence-corrected chi connectivity index (χ2v) is 6.42. The normalized spacial score (nSPS) is 10.7. The van der Waals surface area contributed by atoms with E-state index in [1.165, 1.54) is 11.3 Å². The van der Waals surface area contributed by atoms with Gasteiger partial charge in [-0.05, 0) is 12.1 Å². The van der Waals surface area contributed by atoms with Crippen molar-refractivity contribution in [2.45, 2.75) is 6.42 Å². The molecule has 3 aromatic heterocycles. The Bertz CT molecular complexity index is 705. The number of hydrogen-bond acceptors (Lipinski definition) is 6. The van der Waals surface area contributed by atoms with Gasteiger partial charge in [-0.3, -0.25) is 4.79 Å². The first-order valence-corrected chi connectivity index (χ1v) is 8.07. The van der Waals surface area contributed by atoms with Crippen molar-refractivity contribution in [3.05, 3.63) is 46.1 Å². The third kappa shape index (κ3) is 3.20. The number of aromatic nitrogens is 2. The van der Waals surface area contributed by atoms with Crippen molar-refractivity contribution in [3.8, 4) is 10.8 Å². The minimum Gasteiger partial charge on any atom is -0.462 e. The average molecular weight is 319 g/mol. The summed E-state index contributed by atoms with van der Waals surface area (Å²) >= 11 is 2.94. The van der Waals surface area contributed by atoms with Gasteiger partial charge in [-0.25, -0.2) is 9.97 Å². The van der Waals surface area contributed by atoms with Gasteiger partial charge in [-0.2, -0.15) is 0 Å². The standard InChI is InChI=1S/C14H13N3O2S2/c1-17(6-4-12-15-5-8-20-12)14(18)11-9-16-13(21-11)10-3-2-7-19-10/h2-3,5,7-9H,4,6H2,1H3. The molecule has 3 heterocycles. The maximum atomic E-state index is 12.3. The van der Waals surface area contributed by atoms with E-state index in [1.54, 1.807) is 48.0 Å². The van der Waals surface area contributed by atoms with Gasteiger partial charge in [-0.1, -0.05) is 0 Å². The molecular weight excluding hydrogens is 306 g/mol. The van der Waals surface area contributed by atoms with Crippen LogP contribution in [0.4, 0.5) is 0 Å². The predicted octanol–water partition coefficient (Wildman–Crippen LogP) is 3.17. The van der Waals surface area contributed by atoms with E-state index in [2.05, 4.69) is 9.97 Å². The van der Waals surface area contributed by atoms with Crippen molar-refractivity contribution >= 4 is 28.6 Å². The molecular formula is C14H13N3O2S2. The van der Waals surface area contributed by atoms with Crippen LogP contribution in [-0.2, 0) is 6.42 Å². The van der Waals surface area contributed by atoms with Crippen molar-refractivity contribution in [2.75, 3.05) is 13.6 Å². The molecule has 0 aromatic carbocycles. The molecule has 0 unspecified atom stereocenters. The van der Waals surface area contributed by atoms with Crippen molar-refractivity contribution < 1.29 is 9.21 Å². The van der Waals surface area contributed by atoms with Crippen LogP contribution < -0.4 is 0 Å². The summed E-state index contributed by atoms with van der Waals surface area (Å²) in [6.45, 7) is 0.639. The van der Waals surface area contributed by atoms with Crippen molar-refractivity contribution in [3.63, 3.8) is 0 Å². The predicted molar refractivity (Wildman–Crippen MR) is 82.6 cm³/mol. The minimum atomic E-state index is -0.0261. The Morgan fingerprint density at radius 1 is 1.43 bits per heavy atom. The van der Waals surface area contributed by atoms with Gasteiger partial charge in [0, 0.05) is 31.6 Å². The van der Waals surface area contributed by atoms with Crippen molar-refractivity contribution in [1.29, 1.82) is 0 Å². The van der Waals surface area contributed by atoms with E-state index in [0.29, 0.717) is 17.2 Å². The summed E-state index contributed by atoms with van der Waals surface area (Å²) < 4.78 is 5.29. The van der Waals surface area contributed by atoms with Crippen LogP contribution in [0.1, 0.15) is 14.7 Å². The van der Waals surface area contributed by atoms with Gasteiger partial charge < -0.3 is 9.32 Å². The quantitative estimate of drug-likeness (QED) is 0.725. The Morgan fingerprint density at radius 2 is 2.33 bits per heavy atom. The molecule has 3 aromatic rings. The van der Waals surface area contributed by atoms with Crippen molar-refractivity contribution in [2.24, 2.45) is 0 Å². The van der Waals surface area contributed by atoms with E-state index in [1.807, 2.05) is 11.4 Å². The molecule has 0 atom stereocenters. The molecule has 0 spiro atoms. The highest BCUT2D eigenvalue weighted by atomic mass is 32.1. The monoisotopic (exact) mass is 319 g/mol. The number of nitrogens with zero attached hydrogens (tertiary/aromatic N) is 3. The van der Waals surface area contributed by atoms with Gasteiger partial charge in [0.25, 0.3) is 5.91 Å². The molecule has 0 aliphatic heterocycles. The molecule has 1 amide bonds. The first kappa shape index (κ1) is 14.0. The number of likely N-dealkylation sites (N-methyl/N-ethyl adjacent to an activating group) is 1. The van der Waals surface area contributed by atoms with Crippen LogP contribution in [0.2, 0.25) is 0 Å². The van der Waals surface area contributed by atoms with Crippen LogP contribution in [0.3, 0.4) is 0 Å². The Labute approximate surface area is 129 Å². The highest BCUT2D eigenvalue weighted by Crippen LogP contribution is 2.26. The molecule has 0 radical (unpaired) electrons. The molecule has 7 heteroatoms. The maximum Gasteiger partial charge on any atom is 0.265 e. The lowest BCUT2D eigenvalue weighted by atomic mass is 10.4. The summed E-state index contributed by atoms with van der Waals surface area (Å²) in [6.07, 6.45) is 5.74. The van der Waals surface area contributed by atoms with Crippen molar-refractivity contribution in [1.82, 2.24) is 14.9 Å². The highest BCUT2D eigenvalue weighted by Gasteiger charge is 2.17. The fourth-order valence-electron chi connectivity index (χ4n) is 1.82. The van der Waals surface area contributed by atoms with Gasteiger partial charge in [0.15, 0.2) is 10.8 Å². The summed E-state index contributed by atoms with van der Waals surface area (Å²) in [5, 5.41) is 3.70.